The van der Waals surface area contributed by atoms with Crippen LogP contribution in [0.4, 0.5) is 0 Å². The van der Waals surface area contributed by atoms with Crippen molar-refractivity contribution in [2.45, 2.75) is 13.5 Å². The van der Waals surface area contributed by atoms with Gasteiger partial charge in [-0.15, -0.1) is 0 Å². The summed E-state index contributed by atoms with van der Waals surface area (Å²) in [7, 11) is 0. The molecule has 4 nitrogen and oxygen atoms in total. The average molecular weight is 283 g/mol. The van der Waals surface area contributed by atoms with E-state index in [9.17, 15) is 0 Å². The largest absolute Gasteiger partial charge is 0.295 e. The second kappa shape index (κ2) is 4.95. The summed E-state index contributed by atoms with van der Waals surface area (Å²) in [5.74, 6) is 0.736. The van der Waals surface area contributed by atoms with E-state index in [1.54, 1.807) is 16.8 Å². The minimum atomic E-state index is 0.203. The first-order chi connectivity index (χ1) is 9.69. The molecule has 0 saturated carbocycles. The summed E-state index contributed by atoms with van der Waals surface area (Å²) in [6.45, 7) is 2.23. The molecule has 0 atom stereocenters. The van der Waals surface area contributed by atoms with Gasteiger partial charge in [0.1, 0.15) is 17.9 Å². The van der Waals surface area contributed by atoms with Gasteiger partial charge in [-0.3, -0.25) is 4.57 Å². The van der Waals surface area contributed by atoms with Crippen LogP contribution in [0.5, 0.6) is 0 Å². The van der Waals surface area contributed by atoms with Crippen LogP contribution in [-0.2, 0) is 6.54 Å². The lowest BCUT2D eigenvalue weighted by Crippen LogP contribution is -2.00. The van der Waals surface area contributed by atoms with Crippen molar-refractivity contribution in [1.29, 1.82) is 5.26 Å². The van der Waals surface area contributed by atoms with E-state index in [4.69, 9.17) is 16.9 Å². The number of benzene rings is 1. The number of nitriles is 1. The molecule has 2 heterocycles. The second-order valence-corrected chi connectivity index (χ2v) is 4.98. The van der Waals surface area contributed by atoms with Gasteiger partial charge in [0.25, 0.3) is 0 Å². The predicted octanol–water partition coefficient (Wildman–Crippen LogP) is 3.58. The number of fused-ring (bicyclic) bond motifs is 1. The van der Waals surface area contributed by atoms with E-state index in [1.165, 1.54) is 0 Å². The molecule has 98 valence electrons. The Morgan fingerprint density at radius 2 is 2.20 bits per heavy atom. The highest BCUT2D eigenvalue weighted by atomic mass is 35.5. The Balaban J connectivity index is 2.29. The average Bonchev–Trinajstić information content (AvgIpc) is 2.77. The molecular formula is C15H11ClN4. The Morgan fingerprint density at radius 1 is 1.35 bits per heavy atom. The summed E-state index contributed by atoms with van der Waals surface area (Å²) in [6, 6.07) is 11.9. The number of hydrogen-bond donors (Lipinski definition) is 0. The molecule has 0 N–H and O–H groups in total. The summed E-state index contributed by atoms with van der Waals surface area (Å²) < 4.78 is 1.81. The first kappa shape index (κ1) is 12.6. The zero-order chi connectivity index (χ0) is 14.1. The van der Waals surface area contributed by atoms with Crippen molar-refractivity contribution in [3.63, 3.8) is 0 Å². The standard InChI is InChI=1S/C15H11ClN4/c1-10-3-2-4-11(7-10)14-19-13-8-12(16)9-18-15(13)20(14)6-5-17/h2-4,7-9H,6H2,1H3. The summed E-state index contributed by atoms with van der Waals surface area (Å²) in [4.78, 5) is 8.85. The van der Waals surface area contributed by atoms with Gasteiger partial charge < -0.3 is 0 Å². The van der Waals surface area contributed by atoms with Gasteiger partial charge in [0, 0.05) is 11.8 Å². The number of imidazole rings is 1. The SMILES string of the molecule is Cc1cccc(-c2nc3cc(Cl)cnc3n2CC#N)c1. The van der Waals surface area contributed by atoms with Crippen molar-refractivity contribution < 1.29 is 0 Å². The summed E-state index contributed by atoms with van der Waals surface area (Å²) in [6.07, 6.45) is 1.57. The van der Waals surface area contributed by atoms with E-state index in [1.807, 2.05) is 31.2 Å². The first-order valence-electron chi connectivity index (χ1n) is 6.15. The molecule has 0 bridgehead atoms. The summed E-state index contributed by atoms with van der Waals surface area (Å²) in [5, 5.41) is 9.56. The van der Waals surface area contributed by atoms with Gasteiger partial charge in [-0.25, -0.2) is 9.97 Å². The third-order valence-electron chi connectivity index (χ3n) is 3.06. The van der Waals surface area contributed by atoms with Gasteiger partial charge in [-0.2, -0.15) is 5.26 Å². The number of halogens is 1. The van der Waals surface area contributed by atoms with Gasteiger partial charge in [0.05, 0.1) is 11.1 Å². The Bertz CT molecular complexity index is 829. The van der Waals surface area contributed by atoms with Crippen LogP contribution < -0.4 is 0 Å². The molecule has 5 heteroatoms. The Hall–Kier alpha value is -2.38. The van der Waals surface area contributed by atoms with Crippen LogP contribution in [0.2, 0.25) is 5.02 Å². The highest BCUT2D eigenvalue weighted by molar-refractivity contribution is 6.31. The van der Waals surface area contributed by atoms with Gasteiger partial charge in [-0.05, 0) is 19.1 Å². The second-order valence-electron chi connectivity index (χ2n) is 4.55. The van der Waals surface area contributed by atoms with E-state index in [0.717, 1.165) is 17.0 Å². The molecule has 0 amide bonds. The lowest BCUT2D eigenvalue weighted by Gasteiger charge is -2.04. The zero-order valence-corrected chi connectivity index (χ0v) is 11.6. The first-order valence-corrected chi connectivity index (χ1v) is 6.52. The van der Waals surface area contributed by atoms with Crippen molar-refractivity contribution >= 4 is 22.8 Å². The number of rotatable bonds is 2. The highest BCUT2D eigenvalue weighted by Gasteiger charge is 2.13. The van der Waals surface area contributed by atoms with Crippen molar-refractivity contribution in [1.82, 2.24) is 14.5 Å². The predicted molar refractivity (Wildman–Crippen MR) is 78.3 cm³/mol. The maximum absolute atomic E-state index is 9.03. The van der Waals surface area contributed by atoms with E-state index in [0.29, 0.717) is 16.2 Å². The summed E-state index contributed by atoms with van der Waals surface area (Å²) in [5.41, 5.74) is 3.48. The Labute approximate surface area is 121 Å². The molecule has 20 heavy (non-hydrogen) atoms. The molecule has 0 aliphatic carbocycles. The van der Waals surface area contributed by atoms with Crippen LogP contribution in [-0.4, -0.2) is 14.5 Å². The van der Waals surface area contributed by atoms with Gasteiger partial charge in [0.2, 0.25) is 0 Å². The molecule has 0 unspecified atom stereocenters. The number of hydrogen-bond acceptors (Lipinski definition) is 3. The van der Waals surface area contributed by atoms with Crippen LogP contribution in [0.15, 0.2) is 36.5 Å². The molecule has 3 aromatic rings. The van der Waals surface area contributed by atoms with E-state index >= 15 is 0 Å². The van der Waals surface area contributed by atoms with Gasteiger partial charge in [0.15, 0.2) is 5.65 Å². The number of aromatic nitrogens is 3. The maximum Gasteiger partial charge on any atom is 0.161 e. The maximum atomic E-state index is 9.03. The Kier molecular flexibility index (Phi) is 3.13. The fraction of sp³-hybridized carbons (Fsp3) is 0.133. The third kappa shape index (κ3) is 2.13. The fourth-order valence-corrected chi connectivity index (χ4v) is 2.36. The van der Waals surface area contributed by atoms with Crippen LogP contribution in [0.25, 0.3) is 22.6 Å². The van der Waals surface area contributed by atoms with Gasteiger partial charge >= 0.3 is 0 Å². The minimum absolute atomic E-state index is 0.203. The molecule has 0 radical (unpaired) electrons. The molecule has 0 aliphatic rings. The van der Waals surface area contributed by atoms with Crippen molar-refractivity contribution in [3.8, 4) is 17.5 Å². The van der Waals surface area contributed by atoms with Crippen LogP contribution in [0.1, 0.15) is 5.56 Å². The Morgan fingerprint density at radius 3 is 2.95 bits per heavy atom. The van der Waals surface area contributed by atoms with E-state index < -0.39 is 0 Å². The number of pyridine rings is 1. The number of aryl methyl sites for hydroxylation is 1. The molecule has 0 saturated heterocycles. The lowest BCUT2D eigenvalue weighted by atomic mass is 10.1. The van der Waals surface area contributed by atoms with Crippen LogP contribution in [0, 0.1) is 18.3 Å². The monoisotopic (exact) mass is 282 g/mol. The molecule has 2 aromatic heterocycles. The summed E-state index contributed by atoms with van der Waals surface area (Å²) >= 11 is 5.95. The molecular weight excluding hydrogens is 272 g/mol. The lowest BCUT2D eigenvalue weighted by molar-refractivity contribution is 0.858. The minimum Gasteiger partial charge on any atom is -0.295 e. The topological polar surface area (TPSA) is 54.5 Å². The highest BCUT2D eigenvalue weighted by Crippen LogP contribution is 2.25. The number of nitrogens with zero attached hydrogens (tertiary/aromatic N) is 4. The van der Waals surface area contributed by atoms with Crippen molar-refractivity contribution in [3.05, 3.63) is 47.1 Å². The van der Waals surface area contributed by atoms with E-state index in [2.05, 4.69) is 16.0 Å². The van der Waals surface area contributed by atoms with Gasteiger partial charge in [-0.1, -0.05) is 35.4 Å². The molecule has 0 fully saturated rings. The third-order valence-corrected chi connectivity index (χ3v) is 3.26. The smallest absolute Gasteiger partial charge is 0.161 e. The quantitative estimate of drug-likeness (QED) is 0.722. The zero-order valence-electron chi connectivity index (χ0n) is 10.8. The molecule has 1 aromatic carbocycles. The van der Waals surface area contributed by atoms with Crippen molar-refractivity contribution in [2.24, 2.45) is 0 Å². The van der Waals surface area contributed by atoms with E-state index in [-0.39, 0.29) is 6.54 Å². The van der Waals surface area contributed by atoms with Crippen LogP contribution in [0.3, 0.4) is 0 Å². The van der Waals surface area contributed by atoms with Crippen LogP contribution >= 0.6 is 11.6 Å². The molecule has 3 rings (SSSR count). The normalized spacial score (nSPS) is 10.7. The van der Waals surface area contributed by atoms with Crippen molar-refractivity contribution in [2.75, 3.05) is 0 Å². The molecule has 0 spiro atoms. The fourth-order valence-electron chi connectivity index (χ4n) is 2.21. The molecule has 0 aliphatic heterocycles.